The Morgan fingerprint density at radius 2 is 2.18 bits per heavy atom. The van der Waals surface area contributed by atoms with Crippen molar-refractivity contribution < 1.29 is 4.74 Å². The van der Waals surface area contributed by atoms with Crippen LogP contribution in [0.1, 0.15) is 30.5 Å². The summed E-state index contributed by atoms with van der Waals surface area (Å²) in [7, 11) is 3.56. The van der Waals surface area contributed by atoms with Crippen molar-refractivity contribution in [2.45, 2.75) is 26.3 Å². The van der Waals surface area contributed by atoms with Gasteiger partial charge in [0.25, 0.3) is 0 Å². The van der Waals surface area contributed by atoms with E-state index < -0.39 is 0 Å². The van der Waals surface area contributed by atoms with Crippen LogP contribution >= 0.6 is 0 Å². The van der Waals surface area contributed by atoms with Crippen molar-refractivity contribution >= 4 is 0 Å². The number of nitriles is 1. The third kappa shape index (κ3) is 2.98. The largest absolute Gasteiger partial charge is 0.496 e. The molecule has 0 saturated carbocycles. The van der Waals surface area contributed by atoms with Gasteiger partial charge in [-0.25, -0.2) is 0 Å². The molecule has 0 fully saturated rings. The van der Waals surface area contributed by atoms with Gasteiger partial charge in [0.2, 0.25) is 0 Å². The number of hydrogen-bond donors (Lipinski definition) is 1. The maximum absolute atomic E-state index is 9.14. The van der Waals surface area contributed by atoms with Crippen LogP contribution in [0.15, 0.2) is 18.2 Å². The van der Waals surface area contributed by atoms with Gasteiger partial charge < -0.3 is 10.1 Å². The van der Waals surface area contributed by atoms with E-state index in [2.05, 4.69) is 17.5 Å². The Morgan fingerprint density at radius 3 is 2.59 bits per heavy atom. The molecule has 0 amide bonds. The van der Waals surface area contributed by atoms with Gasteiger partial charge in [-0.05, 0) is 37.6 Å². The van der Waals surface area contributed by atoms with Gasteiger partial charge in [0, 0.05) is 6.04 Å². The van der Waals surface area contributed by atoms with E-state index in [0.717, 1.165) is 23.3 Å². The predicted molar refractivity (Wildman–Crippen MR) is 68.9 cm³/mol. The van der Waals surface area contributed by atoms with Crippen molar-refractivity contribution in [2.24, 2.45) is 5.92 Å². The van der Waals surface area contributed by atoms with E-state index in [-0.39, 0.29) is 12.0 Å². The first-order valence-corrected chi connectivity index (χ1v) is 5.89. The van der Waals surface area contributed by atoms with Crippen LogP contribution in [0.5, 0.6) is 5.75 Å². The van der Waals surface area contributed by atoms with Crippen LogP contribution in [-0.2, 0) is 0 Å². The zero-order valence-electron chi connectivity index (χ0n) is 10.9. The molecule has 0 bridgehead atoms. The van der Waals surface area contributed by atoms with E-state index in [1.165, 1.54) is 0 Å². The molecule has 0 aliphatic rings. The molecule has 92 valence electrons. The third-order valence-electron chi connectivity index (χ3n) is 3.10. The molecular weight excluding hydrogens is 212 g/mol. The number of nitrogens with one attached hydrogen (secondary N) is 1. The summed E-state index contributed by atoms with van der Waals surface area (Å²) in [6.07, 6.45) is 0.840. The summed E-state index contributed by atoms with van der Waals surface area (Å²) in [5.74, 6) is 0.876. The Bertz CT molecular complexity index is 409. The van der Waals surface area contributed by atoms with Crippen LogP contribution in [0.25, 0.3) is 0 Å². The molecule has 1 N–H and O–H groups in total. The second-order valence-corrected chi connectivity index (χ2v) is 4.14. The minimum Gasteiger partial charge on any atom is -0.496 e. The van der Waals surface area contributed by atoms with Gasteiger partial charge in [-0.1, -0.05) is 19.1 Å². The molecule has 17 heavy (non-hydrogen) atoms. The van der Waals surface area contributed by atoms with Crippen molar-refractivity contribution in [3.05, 3.63) is 29.3 Å². The molecular formula is C14H20N2O. The van der Waals surface area contributed by atoms with Gasteiger partial charge in [-0.3, -0.25) is 0 Å². The fourth-order valence-corrected chi connectivity index (χ4v) is 2.10. The summed E-state index contributed by atoms with van der Waals surface area (Å²) < 4.78 is 5.24. The van der Waals surface area contributed by atoms with Gasteiger partial charge in [0.15, 0.2) is 0 Å². The van der Waals surface area contributed by atoms with Crippen LogP contribution in [0.4, 0.5) is 0 Å². The van der Waals surface area contributed by atoms with Gasteiger partial charge >= 0.3 is 0 Å². The standard InChI is InChI=1S/C14H20N2O/c1-5-11(9-15)14(16-3)12-6-7-13(17-4)10(2)8-12/h6-8,11,14,16H,5H2,1-4H3. The average molecular weight is 232 g/mol. The van der Waals surface area contributed by atoms with E-state index in [9.17, 15) is 0 Å². The van der Waals surface area contributed by atoms with Crippen molar-refractivity contribution in [1.29, 1.82) is 5.26 Å². The predicted octanol–water partition coefficient (Wildman–Crippen LogP) is 2.81. The quantitative estimate of drug-likeness (QED) is 0.849. The van der Waals surface area contributed by atoms with Crippen LogP contribution in [-0.4, -0.2) is 14.2 Å². The highest BCUT2D eigenvalue weighted by molar-refractivity contribution is 5.37. The molecule has 0 aromatic heterocycles. The fraction of sp³-hybridized carbons (Fsp3) is 0.500. The number of ether oxygens (including phenoxy) is 1. The van der Waals surface area contributed by atoms with Crippen LogP contribution in [0.3, 0.4) is 0 Å². The minimum atomic E-state index is -0.00667. The molecule has 0 heterocycles. The van der Waals surface area contributed by atoms with Gasteiger partial charge in [0.05, 0.1) is 19.1 Å². The van der Waals surface area contributed by atoms with Crippen LogP contribution in [0.2, 0.25) is 0 Å². The monoisotopic (exact) mass is 232 g/mol. The first-order chi connectivity index (χ1) is 8.17. The second-order valence-electron chi connectivity index (χ2n) is 4.14. The number of nitrogens with zero attached hydrogens (tertiary/aromatic N) is 1. The summed E-state index contributed by atoms with van der Waals surface area (Å²) in [6, 6.07) is 8.50. The van der Waals surface area contributed by atoms with Crippen LogP contribution < -0.4 is 10.1 Å². The average Bonchev–Trinajstić information content (AvgIpc) is 2.35. The van der Waals surface area contributed by atoms with Crippen molar-refractivity contribution in [3.63, 3.8) is 0 Å². The number of benzene rings is 1. The van der Waals surface area contributed by atoms with E-state index in [4.69, 9.17) is 10.00 Å². The summed E-state index contributed by atoms with van der Waals surface area (Å²) in [4.78, 5) is 0. The molecule has 0 aliphatic heterocycles. The van der Waals surface area contributed by atoms with Gasteiger partial charge in [0.1, 0.15) is 5.75 Å². The highest BCUT2D eigenvalue weighted by Gasteiger charge is 2.20. The maximum atomic E-state index is 9.14. The topological polar surface area (TPSA) is 45.0 Å². The smallest absolute Gasteiger partial charge is 0.121 e. The summed E-state index contributed by atoms with van der Waals surface area (Å²) >= 11 is 0. The lowest BCUT2D eigenvalue weighted by atomic mass is 9.91. The molecule has 0 radical (unpaired) electrons. The molecule has 1 rings (SSSR count). The van der Waals surface area contributed by atoms with E-state index in [0.29, 0.717) is 0 Å². The van der Waals surface area contributed by atoms with E-state index in [1.54, 1.807) is 7.11 Å². The minimum absolute atomic E-state index is 0.00667. The van der Waals surface area contributed by atoms with E-state index >= 15 is 0 Å². The molecule has 3 nitrogen and oxygen atoms in total. The molecule has 0 saturated heterocycles. The highest BCUT2D eigenvalue weighted by atomic mass is 16.5. The summed E-state index contributed by atoms with van der Waals surface area (Å²) in [6.45, 7) is 4.05. The van der Waals surface area contributed by atoms with Crippen molar-refractivity contribution in [3.8, 4) is 11.8 Å². The SMILES string of the molecule is CCC(C#N)C(NC)c1ccc(OC)c(C)c1. The number of hydrogen-bond acceptors (Lipinski definition) is 3. The molecule has 0 aliphatic carbocycles. The zero-order valence-corrected chi connectivity index (χ0v) is 10.9. The van der Waals surface area contributed by atoms with Crippen molar-refractivity contribution in [1.82, 2.24) is 5.32 Å². The first-order valence-electron chi connectivity index (χ1n) is 5.89. The van der Waals surface area contributed by atoms with Gasteiger partial charge in [-0.15, -0.1) is 0 Å². The third-order valence-corrected chi connectivity index (χ3v) is 3.10. The molecule has 0 spiro atoms. The molecule has 2 unspecified atom stereocenters. The van der Waals surface area contributed by atoms with Gasteiger partial charge in [-0.2, -0.15) is 5.26 Å². The Labute approximate surface area is 103 Å². The normalized spacial score (nSPS) is 13.8. The number of methoxy groups -OCH3 is 1. The zero-order chi connectivity index (χ0) is 12.8. The molecule has 1 aromatic carbocycles. The maximum Gasteiger partial charge on any atom is 0.121 e. The molecule has 2 atom stereocenters. The lowest BCUT2D eigenvalue weighted by Crippen LogP contribution is -2.24. The Balaban J connectivity index is 3.05. The first kappa shape index (κ1) is 13.5. The summed E-state index contributed by atoms with van der Waals surface area (Å²) in [5.41, 5.74) is 2.23. The molecule has 1 aromatic rings. The van der Waals surface area contributed by atoms with E-state index in [1.807, 2.05) is 33.0 Å². The molecule has 3 heteroatoms. The highest BCUT2D eigenvalue weighted by Crippen LogP contribution is 2.27. The summed E-state index contributed by atoms with van der Waals surface area (Å²) in [5, 5.41) is 12.4. The lowest BCUT2D eigenvalue weighted by Gasteiger charge is -2.21. The Hall–Kier alpha value is -1.53. The second kappa shape index (κ2) is 6.27. The Morgan fingerprint density at radius 1 is 1.47 bits per heavy atom. The van der Waals surface area contributed by atoms with Crippen molar-refractivity contribution in [2.75, 3.05) is 14.2 Å². The Kier molecular flexibility index (Phi) is 4.99. The number of aryl methyl sites for hydroxylation is 1. The number of rotatable bonds is 5. The van der Waals surface area contributed by atoms with Crippen LogP contribution in [0, 0.1) is 24.2 Å². The lowest BCUT2D eigenvalue weighted by molar-refractivity contribution is 0.409. The fourth-order valence-electron chi connectivity index (χ4n) is 2.10.